The van der Waals surface area contributed by atoms with Crippen LogP contribution >= 0.6 is 11.3 Å². The van der Waals surface area contributed by atoms with Crippen LogP contribution in [0, 0.1) is 6.92 Å². The highest BCUT2D eigenvalue weighted by Crippen LogP contribution is 2.18. The summed E-state index contributed by atoms with van der Waals surface area (Å²) in [5.41, 5.74) is 0.552. The van der Waals surface area contributed by atoms with Crippen LogP contribution in [-0.2, 0) is 4.79 Å². The van der Waals surface area contributed by atoms with Gasteiger partial charge >= 0.3 is 5.97 Å². The minimum atomic E-state index is -1.08. The number of carbonyl (C=O) groups excluding carboxylic acids is 1. The van der Waals surface area contributed by atoms with Crippen LogP contribution in [0.1, 0.15) is 26.2 Å². The Hall–Kier alpha value is -2.14. The van der Waals surface area contributed by atoms with E-state index in [0.717, 1.165) is 4.88 Å². The van der Waals surface area contributed by atoms with Crippen LogP contribution in [0.15, 0.2) is 42.5 Å². The van der Waals surface area contributed by atoms with E-state index in [-0.39, 0.29) is 5.91 Å². The second-order valence-electron chi connectivity index (χ2n) is 4.07. The molecule has 19 heavy (non-hydrogen) atoms. The summed E-state index contributed by atoms with van der Waals surface area (Å²) >= 11 is 1.34. The summed E-state index contributed by atoms with van der Waals surface area (Å²) in [6, 6.07) is 11.1. The molecule has 2 rings (SSSR count). The summed E-state index contributed by atoms with van der Waals surface area (Å²) in [6.07, 6.45) is 0. The number of carbonyl (C=O) groups is 2. The molecule has 0 fully saturated rings. The second-order valence-corrected chi connectivity index (χ2v) is 5.35. The minimum absolute atomic E-state index is 0.366. The molecule has 1 amide bonds. The molecule has 0 aliphatic heterocycles. The smallest absolute Gasteiger partial charge is 0.330 e. The average Bonchev–Trinajstić information content (AvgIpc) is 2.83. The van der Waals surface area contributed by atoms with Crippen molar-refractivity contribution in [1.82, 2.24) is 5.32 Å². The molecule has 5 heteroatoms. The first-order valence-electron chi connectivity index (χ1n) is 5.73. The molecular formula is C14H13NO3S. The van der Waals surface area contributed by atoms with Gasteiger partial charge in [-0.3, -0.25) is 4.79 Å². The van der Waals surface area contributed by atoms with E-state index in [1.165, 1.54) is 11.3 Å². The number of nitrogens with one attached hydrogen (secondary N) is 1. The summed E-state index contributed by atoms with van der Waals surface area (Å²) in [4.78, 5) is 24.8. The van der Waals surface area contributed by atoms with E-state index in [0.29, 0.717) is 10.4 Å². The third-order valence-electron chi connectivity index (χ3n) is 2.62. The van der Waals surface area contributed by atoms with Crippen LogP contribution in [0.2, 0.25) is 0 Å². The van der Waals surface area contributed by atoms with Gasteiger partial charge in [0.15, 0.2) is 6.04 Å². The van der Waals surface area contributed by atoms with E-state index in [4.69, 9.17) is 0 Å². The number of rotatable bonds is 4. The quantitative estimate of drug-likeness (QED) is 0.901. The third-order valence-corrected chi connectivity index (χ3v) is 3.62. The van der Waals surface area contributed by atoms with E-state index in [9.17, 15) is 14.7 Å². The van der Waals surface area contributed by atoms with Gasteiger partial charge in [0.2, 0.25) is 0 Å². The topological polar surface area (TPSA) is 66.4 Å². The standard InChI is InChI=1S/C14H13NO3S/c1-9-7-8-11(19-9)13(16)15-12(14(17)18)10-5-3-2-4-6-10/h2-8,12H,1H3,(H,15,16)(H,17,18). The fourth-order valence-corrected chi connectivity index (χ4v) is 2.46. The van der Waals surface area contributed by atoms with Crippen molar-refractivity contribution in [2.45, 2.75) is 13.0 Å². The van der Waals surface area contributed by atoms with E-state index >= 15 is 0 Å². The van der Waals surface area contributed by atoms with E-state index < -0.39 is 12.0 Å². The van der Waals surface area contributed by atoms with Crippen molar-refractivity contribution in [3.8, 4) is 0 Å². The molecule has 4 nitrogen and oxygen atoms in total. The van der Waals surface area contributed by atoms with Crippen LogP contribution in [0.3, 0.4) is 0 Å². The molecule has 2 aromatic rings. The number of hydrogen-bond donors (Lipinski definition) is 2. The summed E-state index contributed by atoms with van der Waals surface area (Å²) in [7, 11) is 0. The molecule has 1 aromatic heterocycles. The Bertz CT molecular complexity index is 592. The van der Waals surface area contributed by atoms with Gasteiger partial charge in [-0.15, -0.1) is 11.3 Å². The van der Waals surface area contributed by atoms with Crippen molar-refractivity contribution in [2.75, 3.05) is 0 Å². The Morgan fingerprint density at radius 1 is 1.16 bits per heavy atom. The Balaban J connectivity index is 2.18. The van der Waals surface area contributed by atoms with Gasteiger partial charge in [0, 0.05) is 4.88 Å². The van der Waals surface area contributed by atoms with E-state index in [1.54, 1.807) is 36.4 Å². The predicted octanol–water partition coefficient (Wildman–Crippen LogP) is 2.61. The molecule has 2 N–H and O–H groups in total. The molecule has 0 saturated heterocycles. The second kappa shape index (κ2) is 5.67. The van der Waals surface area contributed by atoms with Gasteiger partial charge < -0.3 is 10.4 Å². The summed E-state index contributed by atoms with van der Waals surface area (Å²) in [6.45, 7) is 1.90. The van der Waals surface area contributed by atoms with Gasteiger partial charge in [0.25, 0.3) is 5.91 Å². The highest BCUT2D eigenvalue weighted by Gasteiger charge is 2.22. The van der Waals surface area contributed by atoms with Crippen LogP contribution in [0.5, 0.6) is 0 Å². The summed E-state index contributed by atoms with van der Waals surface area (Å²) in [5, 5.41) is 11.8. The van der Waals surface area contributed by atoms with Gasteiger partial charge in [0.1, 0.15) is 0 Å². The molecule has 0 bridgehead atoms. The molecule has 0 radical (unpaired) electrons. The highest BCUT2D eigenvalue weighted by molar-refractivity contribution is 7.13. The first-order valence-corrected chi connectivity index (χ1v) is 6.54. The maximum atomic E-state index is 12.0. The molecule has 1 unspecified atom stereocenters. The number of carboxylic acid groups (broad SMARTS) is 1. The van der Waals surface area contributed by atoms with Crippen molar-refractivity contribution in [3.63, 3.8) is 0 Å². The molecule has 0 spiro atoms. The van der Waals surface area contributed by atoms with E-state index in [2.05, 4.69) is 5.32 Å². The lowest BCUT2D eigenvalue weighted by Crippen LogP contribution is -2.33. The number of thiophene rings is 1. The van der Waals surface area contributed by atoms with Gasteiger partial charge in [-0.1, -0.05) is 30.3 Å². The van der Waals surface area contributed by atoms with Crippen molar-refractivity contribution in [2.24, 2.45) is 0 Å². The zero-order valence-electron chi connectivity index (χ0n) is 10.3. The number of benzene rings is 1. The predicted molar refractivity (Wildman–Crippen MR) is 73.3 cm³/mol. The van der Waals surface area contributed by atoms with Crippen molar-refractivity contribution >= 4 is 23.2 Å². The lowest BCUT2D eigenvalue weighted by atomic mass is 10.1. The maximum Gasteiger partial charge on any atom is 0.330 e. The fourth-order valence-electron chi connectivity index (χ4n) is 1.69. The lowest BCUT2D eigenvalue weighted by Gasteiger charge is -2.14. The fraction of sp³-hybridized carbons (Fsp3) is 0.143. The monoisotopic (exact) mass is 275 g/mol. The van der Waals surface area contributed by atoms with E-state index in [1.807, 2.05) is 13.0 Å². The Morgan fingerprint density at radius 3 is 2.37 bits per heavy atom. The van der Waals surface area contributed by atoms with Gasteiger partial charge in [-0.2, -0.15) is 0 Å². The first kappa shape index (κ1) is 13.3. The van der Waals surface area contributed by atoms with Gasteiger partial charge in [-0.25, -0.2) is 4.79 Å². The number of hydrogen-bond acceptors (Lipinski definition) is 3. The molecule has 98 valence electrons. The lowest BCUT2D eigenvalue weighted by molar-refractivity contribution is -0.139. The van der Waals surface area contributed by atoms with Crippen LogP contribution < -0.4 is 5.32 Å². The summed E-state index contributed by atoms with van der Waals surface area (Å²) in [5.74, 6) is -1.44. The zero-order valence-corrected chi connectivity index (χ0v) is 11.1. The molecule has 1 atom stereocenters. The molecule has 0 aliphatic carbocycles. The number of carboxylic acids is 1. The van der Waals surface area contributed by atoms with Crippen molar-refractivity contribution in [3.05, 3.63) is 57.8 Å². The van der Waals surface area contributed by atoms with Gasteiger partial charge in [0.05, 0.1) is 4.88 Å². The normalized spacial score (nSPS) is 11.8. The average molecular weight is 275 g/mol. The van der Waals surface area contributed by atoms with Crippen LogP contribution in [0.25, 0.3) is 0 Å². The van der Waals surface area contributed by atoms with Crippen molar-refractivity contribution in [1.29, 1.82) is 0 Å². The molecule has 0 saturated carbocycles. The molecular weight excluding hydrogens is 262 g/mol. The summed E-state index contributed by atoms with van der Waals surface area (Å²) < 4.78 is 0. The first-order chi connectivity index (χ1) is 9.08. The van der Waals surface area contributed by atoms with Crippen molar-refractivity contribution < 1.29 is 14.7 Å². The zero-order chi connectivity index (χ0) is 13.8. The Labute approximate surface area is 114 Å². The molecule has 1 heterocycles. The maximum absolute atomic E-state index is 12.0. The van der Waals surface area contributed by atoms with Crippen LogP contribution in [-0.4, -0.2) is 17.0 Å². The highest BCUT2D eigenvalue weighted by atomic mass is 32.1. The number of aliphatic carboxylic acids is 1. The Morgan fingerprint density at radius 2 is 1.84 bits per heavy atom. The largest absolute Gasteiger partial charge is 0.479 e. The Kier molecular flexibility index (Phi) is 3.97. The SMILES string of the molecule is Cc1ccc(C(=O)NC(C(=O)O)c2ccccc2)s1. The number of aryl methyl sites for hydroxylation is 1. The number of amides is 1. The van der Waals surface area contributed by atoms with Gasteiger partial charge in [-0.05, 0) is 24.6 Å². The minimum Gasteiger partial charge on any atom is -0.479 e. The molecule has 0 aliphatic rings. The third kappa shape index (κ3) is 3.20. The molecule has 1 aromatic carbocycles. The van der Waals surface area contributed by atoms with Crippen LogP contribution in [0.4, 0.5) is 0 Å².